The van der Waals surface area contributed by atoms with Crippen molar-refractivity contribution in [3.8, 4) is 0 Å². The van der Waals surface area contributed by atoms with Crippen molar-refractivity contribution in [1.82, 2.24) is 9.78 Å². The Hall–Kier alpha value is -1.88. The molecule has 1 aromatic carbocycles. The van der Waals surface area contributed by atoms with Crippen LogP contribution in [-0.4, -0.2) is 15.7 Å². The summed E-state index contributed by atoms with van der Waals surface area (Å²) in [5.74, 6) is 0.521. The lowest BCUT2D eigenvalue weighted by atomic mass is 10.1. The highest BCUT2D eigenvalue weighted by molar-refractivity contribution is 9.10. The number of aryl methyl sites for hydroxylation is 1. The fourth-order valence-electron chi connectivity index (χ4n) is 2.04. The Morgan fingerprint density at radius 2 is 2.00 bits per heavy atom. The van der Waals surface area contributed by atoms with Crippen LogP contribution in [-0.2, 0) is 10.3 Å². The van der Waals surface area contributed by atoms with E-state index in [-0.39, 0.29) is 11.4 Å². The van der Waals surface area contributed by atoms with Crippen LogP contribution in [0.4, 0.5) is 5.82 Å². The van der Waals surface area contributed by atoms with Crippen molar-refractivity contribution >= 4 is 33.7 Å². The first-order chi connectivity index (χ1) is 10.3. The molecule has 0 aliphatic carbocycles. The second kappa shape index (κ2) is 6.48. The highest BCUT2D eigenvalue weighted by atomic mass is 79.9. The lowest BCUT2D eigenvalue weighted by Crippen LogP contribution is -2.26. The smallest absolute Gasteiger partial charge is 0.249 e. The lowest BCUT2D eigenvalue weighted by molar-refractivity contribution is -0.111. The van der Waals surface area contributed by atoms with Gasteiger partial charge >= 0.3 is 0 Å². The van der Waals surface area contributed by atoms with E-state index < -0.39 is 0 Å². The van der Waals surface area contributed by atoms with Crippen LogP contribution in [0, 0.1) is 6.92 Å². The second-order valence-corrected chi connectivity index (χ2v) is 6.95. The van der Waals surface area contributed by atoms with Crippen LogP contribution >= 0.6 is 15.9 Å². The number of amides is 1. The third-order valence-electron chi connectivity index (χ3n) is 3.04. The summed E-state index contributed by atoms with van der Waals surface area (Å²) in [4.78, 5) is 12.1. The predicted molar refractivity (Wildman–Crippen MR) is 93.8 cm³/mol. The summed E-state index contributed by atoms with van der Waals surface area (Å²) in [5, 5.41) is 7.32. The van der Waals surface area contributed by atoms with E-state index in [2.05, 4.69) is 26.3 Å². The molecule has 116 valence electrons. The summed E-state index contributed by atoms with van der Waals surface area (Å²) >= 11 is 3.46. The van der Waals surface area contributed by atoms with Crippen LogP contribution in [0.2, 0.25) is 0 Å². The van der Waals surface area contributed by atoms with Gasteiger partial charge in [-0.2, -0.15) is 5.10 Å². The van der Waals surface area contributed by atoms with Crippen molar-refractivity contribution < 1.29 is 4.79 Å². The number of nitrogens with zero attached hydrogens (tertiary/aromatic N) is 2. The number of carbonyl (C=O) groups is 1. The molecule has 0 saturated carbocycles. The minimum absolute atomic E-state index is 0.179. The van der Waals surface area contributed by atoms with Crippen molar-refractivity contribution in [2.45, 2.75) is 33.2 Å². The number of anilines is 1. The number of hydrogen-bond acceptors (Lipinski definition) is 2. The zero-order valence-electron chi connectivity index (χ0n) is 13.2. The zero-order valence-corrected chi connectivity index (χ0v) is 14.8. The first-order valence-electron chi connectivity index (χ1n) is 7.08. The number of hydrogen-bond donors (Lipinski definition) is 1. The molecule has 2 aromatic rings. The van der Waals surface area contributed by atoms with Gasteiger partial charge in [0, 0.05) is 16.6 Å². The fourth-order valence-corrected chi connectivity index (χ4v) is 2.46. The van der Waals surface area contributed by atoms with E-state index in [1.54, 1.807) is 6.08 Å². The third-order valence-corrected chi connectivity index (χ3v) is 3.76. The molecule has 0 saturated heterocycles. The van der Waals surface area contributed by atoms with Gasteiger partial charge in [0.15, 0.2) is 0 Å². The van der Waals surface area contributed by atoms with Gasteiger partial charge in [-0.15, -0.1) is 0 Å². The van der Waals surface area contributed by atoms with Crippen molar-refractivity contribution in [2.75, 3.05) is 5.32 Å². The molecular weight excluding hydrogens is 342 g/mol. The molecule has 0 unspecified atom stereocenters. The molecule has 5 heteroatoms. The van der Waals surface area contributed by atoms with Gasteiger partial charge in [-0.1, -0.05) is 34.1 Å². The number of rotatable bonds is 3. The normalized spacial score (nSPS) is 11.9. The molecule has 0 radical (unpaired) electrons. The van der Waals surface area contributed by atoms with Crippen molar-refractivity contribution in [3.05, 3.63) is 52.1 Å². The maximum Gasteiger partial charge on any atom is 0.249 e. The summed E-state index contributed by atoms with van der Waals surface area (Å²) in [7, 11) is 0. The third kappa shape index (κ3) is 4.07. The summed E-state index contributed by atoms with van der Waals surface area (Å²) < 4.78 is 2.78. The Balaban J connectivity index is 2.15. The SMILES string of the molecule is Cc1cc(NC(=O)/C=C/c2ccccc2Br)n(C(C)(C)C)n1. The van der Waals surface area contributed by atoms with Gasteiger partial charge in [0.2, 0.25) is 5.91 Å². The van der Waals surface area contributed by atoms with Crippen molar-refractivity contribution in [3.63, 3.8) is 0 Å². The maximum absolute atomic E-state index is 12.1. The molecular formula is C17H20BrN3O. The van der Waals surface area contributed by atoms with Gasteiger partial charge in [-0.25, -0.2) is 4.68 Å². The Bertz CT molecular complexity index is 711. The summed E-state index contributed by atoms with van der Waals surface area (Å²) in [5.41, 5.74) is 1.64. The van der Waals surface area contributed by atoms with Crippen LogP contribution in [0.5, 0.6) is 0 Å². The first kappa shape index (κ1) is 16.5. The molecule has 0 bridgehead atoms. The monoisotopic (exact) mass is 361 g/mol. The maximum atomic E-state index is 12.1. The van der Waals surface area contributed by atoms with Gasteiger partial charge in [0.1, 0.15) is 5.82 Å². The average Bonchev–Trinajstić information content (AvgIpc) is 2.78. The first-order valence-corrected chi connectivity index (χ1v) is 7.87. The largest absolute Gasteiger partial charge is 0.307 e. The minimum Gasteiger partial charge on any atom is -0.307 e. The number of aromatic nitrogens is 2. The zero-order chi connectivity index (χ0) is 16.3. The van der Waals surface area contributed by atoms with Crippen LogP contribution in [0.15, 0.2) is 40.9 Å². The standard InChI is InChI=1S/C17H20BrN3O/c1-12-11-15(21(20-12)17(2,3)4)19-16(22)10-9-13-7-5-6-8-14(13)18/h5-11H,1-4H3,(H,19,22)/b10-9+. The van der Waals surface area contributed by atoms with Gasteiger partial charge < -0.3 is 5.32 Å². The number of benzene rings is 1. The fraction of sp³-hybridized carbons (Fsp3) is 0.294. The molecule has 1 amide bonds. The summed E-state index contributed by atoms with van der Waals surface area (Å²) in [6.07, 6.45) is 3.31. The van der Waals surface area contributed by atoms with Crippen LogP contribution < -0.4 is 5.32 Å². The van der Waals surface area contributed by atoms with E-state index in [9.17, 15) is 4.79 Å². The minimum atomic E-state index is -0.191. The molecule has 22 heavy (non-hydrogen) atoms. The van der Waals surface area contributed by atoms with Crippen LogP contribution in [0.25, 0.3) is 6.08 Å². The molecule has 0 spiro atoms. The average molecular weight is 362 g/mol. The highest BCUT2D eigenvalue weighted by Gasteiger charge is 2.19. The molecule has 0 atom stereocenters. The molecule has 1 N–H and O–H groups in total. The van der Waals surface area contributed by atoms with E-state index in [0.29, 0.717) is 5.82 Å². The Kier molecular flexibility index (Phi) is 4.86. The van der Waals surface area contributed by atoms with Gasteiger partial charge in [0.05, 0.1) is 11.2 Å². The van der Waals surface area contributed by atoms with E-state index in [1.165, 1.54) is 6.08 Å². The Labute approximate surface area is 139 Å². The number of halogens is 1. The van der Waals surface area contributed by atoms with E-state index in [1.807, 2.05) is 62.7 Å². The molecule has 1 aromatic heterocycles. The molecule has 0 aliphatic heterocycles. The highest BCUT2D eigenvalue weighted by Crippen LogP contribution is 2.21. The predicted octanol–water partition coefficient (Wildman–Crippen LogP) is 4.36. The van der Waals surface area contributed by atoms with Gasteiger partial charge in [-0.05, 0) is 45.4 Å². The van der Waals surface area contributed by atoms with Gasteiger partial charge in [-0.3, -0.25) is 4.79 Å². The Morgan fingerprint density at radius 3 is 2.64 bits per heavy atom. The summed E-state index contributed by atoms with van der Waals surface area (Å²) in [6.45, 7) is 8.05. The quantitative estimate of drug-likeness (QED) is 0.825. The van der Waals surface area contributed by atoms with Crippen molar-refractivity contribution in [1.29, 1.82) is 0 Å². The molecule has 0 aliphatic rings. The summed E-state index contributed by atoms with van der Waals surface area (Å²) in [6, 6.07) is 9.62. The topological polar surface area (TPSA) is 46.9 Å². The molecule has 0 fully saturated rings. The number of carbonyl (C=O) groups excluding carboxylic acids is 1. The molecule has 2 rings (SSSR count). The van der Waals surface area contributed by atoms with Gasteiger partial charge in [0.25, 0.3) is 0 Å². The molecule has 4 nitrogen and oxygen atoms in total. The second-order valence-electron chi connectivity index (χ2n) is 6.10. The Morgan fingerprint density at radius 1 is 1.32 bits per heavy atom. The van der Waals surface area contributed by atoms with E-state index >= 15 is 0 Å². The van der Waals surface area contributed by atoms with E-state index in [0.717, 1.165) is 15.7 Å². The molecule has 1 heterocycles. The lowest BCUT2D eigenvalue weighted by Gasteiger charge is -2.22. The van der Waals surface area contributed by atoms with E-state index in [4.69, 9.17) is 0 Å². The van der Waals surface area contributed by atoms with Crippen LogP contribution in [0.1, 0.15) is 32.0 Å². The van der Waals surface area contributed by atoms with Crippen molar-refractivity contribution in [2.24, 2.45) is 0 Å². The number of nitrogens with one attached hydrogen (secondary N) is 1. The van der Waals surface area contributed by atoms with Crippen LogP contribution in [0.3, 0.4) is 0 Å².